The van der Waals surface area contributed by atoms with E-state index in [0.717, 1.165) is 10.9 Å². The van der Waals surface area contributed by atoms with Crippen molar-refractivity contribution in [2.24, 2.45) is 0 Å². The zero-order valence-corrected chi connectivity index (χ0v) is 9.76. The van der Waals surface area contributed by atoms with Crippen molar-refractivity contribution in [2.75, 3.05) is 0 Å². The number of benzene rings is 1. The van der Waals surface area contributed by atoms with E-state index in [4.69, 9.17) is 0 Å². The van der Waals surface area contributed by atoms with Gasteiger partial charge in [0.25, 0.3) is 0 Å². The van der Waals surface area contributed by atoms with Crippen LogP contribution in [0.25, 0.3) is 0 Å². The Bertz CT molecular complexity index is 282. The molecule has 0 nitrogen and oxygen atoms in total. The predicted octanol–water partition coefficient (Wildman–Crippen LogP) is 4.26. The van der Waals surface area contributed by atoms with Crippen molar-refractivity contribution in [3.63, 3.8) is 0 Å². The minimum atomic E-state index is 0.612. The van der Waals surface area contributed by atoms with Crippen molar-refractivity contribution in [2.45, 2.75) is 26.2 Å². The van der Waals surface area contributed by atoms with Crippen molar-refractivity contribution in [1.82, 2.24) is 0 Å². The molecule has 0 radical (unpaired) electrons. The zero-order chi connectivity index (χ0) is 9.84. The average molecular weight is 239 g/mol. The maximum absolute atomic E-state index is 3.82. The van der Waals surface area contributed by atoms with Crippen LogP contribution in [-0.4, -0.2) is 0 Å². The average Bonchev–Trinajstić information content (AvgIpc) is 2.04. The van der Waals surface area contributed by atoms with E-state index in [1.807, 2.05) is 0 Å². The van der Waals surface area contributed by atoms with Gasteiger partial charge < -0.3 is 0 Å². The van der Waals surface area contributed by atoms with Crippen LogP contribution < -0.4 is 0 Å². The second kappa shape index (κ2) is 4.61. The third kappa shape index (κ3) is 3.35. The van der Waals surface area contributed by atoms with Crippen LogP contribution in [0.4, 0.5) is 0 Å². The van der Waals surface area contributed by atoms with Gasteiger partial charge in [-0.25, -0.2) is 0 Å². The molecule has 0 aliphatic heterocycles. The van der Waals surface area contributed by atoms with E-state index in [1.54, 1.807) is 0 Å². The number of rotatable bonds is 3. The molecule has 70 valence electrons. The molecule has 1 aromatic carbocycles. The lowest BCUT2D eigenvalue weighted by atomic mass is 10.0. The van der Waals surface area contributed by atoms with E-state index in [1.165, 1.54) is 11.1 Å². The van der Waals surface area contributed by atoms with E-state index in [9.17, 15) is 0 Å². The van der Waals surface area contributed by atoms with Crippen molar-refractivity contribution < 1.29 is 0 Å². The monoisotopic (exact) mass is 238 g/mol. The molecule has 0 atom stereocenters. The molecule has 13 heavy (non-hydrogen) atoms. The Labute approximate surface area is 88.8 Å². The Balaban J connectivity index is 2.75. The largest absolute Gasteiger partial charge is 0.0885 e. The molecular formula is C12H15Br. The van der Waals surface area contributed by atoms with Gasteiger partial charge >= 0.3 is 0 Å². The maximum atomic E-state index is 3.82. The lowest BCUT2D eigenvalue weighted by Crippen LogP contribution is -1.88. The molecule has 1 rings (SSSR count). The standard InChI is InChI=1S/C12H15Br/c1-9(2)12-6-4-11(5-7-12)8-10(3)13/h4-7,9H,3,8H2,1-2H3. The Hall–Kier alpha value is -0.560. The van der Waals surface area contributed by atoms with E-state index >= 15 is 0 Å². The maximum Gasteiger partial charge on any atom is 0.00347 e. The summed E-state index contributed by atoms with van der Waals surface area (Å²) in [5, 5.41) is 0. The van der Waals surface area contributed by atoms with Gasteiger partial charge in [-0.3, -0.25) is 0 Å². The highest BCUT2D eigenvalue weighted by atomic mass is 79.9. The van der Waals surface area contributed by atoms with Crippen molar-refractivity contribution in [3.8, 4) is 0 Å². The summed E-state index contributed by atoms with van der Waals surface area (Å²) in [6, 6.07) is 8.72. The summed E-state index contributed by atoms with van der Waals surface area (Å²) in [4.78, 5) is 0. The van der Waals surface area contributed by atoms with Crippen LogP contribution in [0.2, 0.25) is 0 Å². The van der Waals surface area contributed by atoms with Crippen LogP contribution in [0.3, 0.4) is 0 Å². The molecule has 0 unspecified atom stereocenters. The van der Waals surface area contributed by atoms with Crippen molar-refractivity contribution in [1.29, 1.82) is 0 Å². The third-order valence-electron chi connectivity index (χ3n) is 2.04. The van der Waals surface area contributed by atoms with Gasteiger partial charge in [0.1, 0.15) is 0 Å². The lowest BCUT2D eigenvalue weighted by molar-refractivity contribution is 0.865. The van der Waals surface area contributed by atoms with Crippen molar-refractivity contribution >= 4 is 15.9 Å². The van der Waals surface area contributed by atoms with Gasteiger partial charge in [0.15, 0.2) is 0 Å². The van der Waals surface area contributed by atoms with E-state index in [2.05, 4.69) is 60.6 Å². The molecule has 0 aromatic heterocycles. The first-order valence-corrected chi connectivity index (χ1v) is 5.31. The summed E-state index contributed by atoms with van der Waals surface area (Å²) in [6.07, 6.45) is 0.915. The third-order valence-corrected chi connectivity index (χ3v) is 2.32. The van der Waals surface area contributed by atoms with Crippen molar-refractivity contribution in [3.05, 3.63) is 46.5 Å². The highest BCUT2D eigenvalue weighted by Gasteiger charge is 1.98. The summed E-state index contributed by atoms with van der Waals surface area (Å²) >= 11 is 3.36. The van der Waals surface area contributed by atoms with Crippen LogP contribution in [-0.2, 0) is 6.42 Å². The molecular weight excluding hydrogens is 224 g/mol. The molecule has 0 amide bonds. The second-order valence-corrected chi connectivity index (χ2v) is 4.71. The molecule has 0 N–H and O–H groups in total. The number of hydrogen-bond acceptors (Lipinski definition) is 0. The van der Waals surface area contributed by atoms with E-state index in [-0.39, 0.29) is 0 Å². The molecule has 0 saturated heterocycles. The van der Waals surface area contributed by atoms with Crippen LogP contribution in [0.5, 0.6) is 0 Å². The number of halogens is 1. The number of hydrogen-bond donors (Lipinski definition) is 0. The Morgan fingerprint density at radius 1 is 1.31 bits per heavy atom. The summed E-state index contributed by atoms with van der Waals surface area (Å²) in [6.45, 7) is 8.24. The molecule has 1 heteroatoms. The Kier molecular flexibility index (Phi) is 3.73. The topological polar surface area (TPSA) is 0 Å². The fourth-order valence-corrected chi connectivity index (χ4v) is 1.57. The van der Waals surface area contributed by atoms with Gasteiger partial charge in [-0.2, -0.15) is 0 Å². The lowest BCUT2D eigenvalue weighted by Gasteiger charge is -2.06. The summed E-state index contributed by atoms with van der Waals surface area (Å²) in [5.74, 6) is 0.612. The van der Waals surface area contributed by atoms with Gasteiger partial charge in [0.2, 0.25) is 0 Å². The molecule has 0 saturated carbocycles. The fourth-order valence-electron chi connectivity index (χ4n) is 1.24. The summed E-state index contributed by atoms with van der Waals surface area (Å²) in [5.41, 5.74) is 2.70. The molecule has 0 spiro atoms. The van der Waals surface area contributed by atoms with E-state index < -0.39 is 0 Å². The highest BCUT2D eigenvalue weighted by molar-refractivity contribution is 9.11. The smallest absolute Gasteiger partial charge is 0.00347 e. The molecule has 1 aromatic rings. The van der Waals surface area contributed by atoms with Crippen LogP contribution >= 0.6 is 15.9 Å². The summed E-state index contributed by atoms with van der Waals surface area (Å²) < 4.78 is 1.03. The van der Waals surface area contributed by atoms with Gasteiger partial charge in [-0.1, -0.05) is 60.6 Å². The Morgan fingerprint density at radius 3 is 2.23 bits per heavy atom. The highest BCUT2D eigenvalue weighted by Crippen LogP contribution is 2.17. The molecule has 0 aliphatic carbocycles. The van der Waals surface area contributed by atoms with E-state index in [0.29, 0.717) is 5.92 Å². The zero-order valence-electron chi connectivity index (χ0n) is 8.18. The second-order valence-electron chi connectivity index (χ2n) is 3.59. The molecule has 0 bridgehead atoms. The first-order valence-electron chi connectivity index (χ1n) is 4.51. The van der Waals surface area contributed by atoms with Gasteiger partial charge in [-0.15, -0.1) is 0 Å². The first kappa shape index (κ1) is 10.5. The van der Waals surface area contributed by atoms with Crippen LogP contribution in [0.15, 0.2) is 35.3 Å². The van der Waals surface area contributed by atoms with Gasteiger partial charge in [0.05, 0.1) is 0 Å². The molecule has 0 fully saturated rings. The molecule has 0 heterocycles. The van der Waals surface area contributed by atoms with Crippen LogP contribution in [0, 0.1) is 0 Å². The van der Waals surface area contributed by atoms with Gasteiger partial charge in [0, 0.05) is 6.42 Å². The van der Waals surface area contributed by atoms with Gasteiger partial charge in [-0.05, 0) is 21.5 Å². The predicted molar refractivity (Wildman–Crippen MR) is 62.3 cm³/mol. The minimum Gasteiger partial charge on any atom is -0.0885 e. The quantitative estimate of drug-likeness (QED) is 0.739. The molecule has 0 aliphatic rings. The SMILES string of the molecule is C=C(Br)Cc1ccc(C(C)C)cc1. The normalized spacial score (nSPS) is 10.5. The Morgan fingerprint density at radius 2 is 1.85 bits per heavy atom. The fraction of sp³-hybridized carbons (Fsp3) is 0.333. The first-order chi connectivity index (χ1) is 6.09. The summed E-state index contributed by atoms with van der Waals surface area (Å²) in [7, 11) is 0. The number of allylic oxidation sites excluding steroid dienone is 1. The van der Waals surface area contributed by atoms with Crippen LogP contribution in [0.1, 0.15) is 30.9 Å². The minimum absolute atomic E-state index is 0.612.